The van der Waals surface area contributed by atoms with Gasteiger partial charge in [-0.1, -0.05) is 24.3 Å². The van der Waals surface area contributed by atoms with Gasteiger partial charge in [0.15, 0.2) is 5.43 Å². The summed E-state index contributed by atoms with van der Waals surface area (Å²) >= 11 is 3.00. The third-order valence-electron chi connectivity index (χ3n) is 4.60. The summed E-state index contributed by atoms with van der Waals surface area (Å²) in [7, 11) is 0. The molecule has 0 spiro atoms. The topological polar surface area (TPSA) is 62.0 Å². The Kier molecular flexibility index (Phi) is 5.56. The molecule has 0 unspecified atom stereocenters. The van der Waals surface area contributed by atoms with E-state index in [0.717, 1.165) is 38.3 Å². The fraction of sp³-hybridized carbons (Fsp3) is 0.130. The van der Waals surface area contributed by atoms with Crippen molar-refractivity contribution in [3.8, 4) is 0 Å². The van der Waals surface area contributed by atoms with Gasteiger partial charge in [-0.05, 0) is 54.6 Å². The molecule has 4 aromatic rings. The molecule has 146 valence electrons. The molecule has 0 aliphatic rings. The third kappa shape index (κ3) is 4.28. The zero-order valence-corrected chi connectivity index (χ0v) is 17.7. The Morgan fingerprint density at radius 2 is 1.93 bits per heavy atom. The molecule has 0 atom stereocenters. The molecule has 29 heavy (non-hydrogen) atoms. The van der Waals surface area contributed by atoms with Crippen molar-refractivity contribution in [2.24, 2.45) is 0 Å². The standard InChI is InChI=1S/C23H20N2O2S2/c1-14-10-15(2)22-17(11-14)19(26)12-16(24-22)13-29-20-7-4-3-6-18(20)25-23(27)21-8-5-9-28-21/h3-12H,13H2,1-2H3,(H,24,26)(H,25,27). The highest BCUT2D eigenvalue weighted by atomic mass is 32.2. The number of aryl methyl sites for hydroxylation is 2. The fourth-order valence-corrected chi connectivity index (χ4v) is 4.82. The second kappa shape index (κ2) is 8.27. The average Bonchev–Trinajstić information content (AvgIpc) is 3.23. The van der Waals surface area contributed by atoms with Gasteiger partial charge in [-0.25, -0.2) is 0 Å². The number of fused-ring (bicyclic) bond motifs is 1. The Morgan fingerprint density at radius 3 is 2.72 bits per heavy atom. The predicted octanol–water partition coefficient (Wildman–Crippen LogP) is 5.75. The van der Waals surface area contributed by atoms with Gasteiger partial charge in [0.05, 0.1) is 16.1 Å². The predicted molar refractivity (Wildman–Crippen MR) is 122 cm³/mol. The zero-order chi connectivity index (χ0) is 20.4. The summed E-state index contributed by atoms with van der Waals surface area (Å²) in [6, 6.07) is 17.0. The summed E-state index contributed by atoms with van der Waals surface area (Å²) in [6.07, 6.45) is 0. The maximum atomic E-state index is 12.6. The second-order valence-electron chi connectivity index (χ2n) is 6.88. The van der Waals surface area contributed by atoms with Gasteiger partial charge in [-0.3, -0.25) is 9.59 Å². The highest BCUT2D eigenvalue weighted by Crippen LogP contribution is 2.30. The monoisotopic (exact) mass is 420 g/mol. The number of aromatic nitrogens is 1. The lowest BCUT2D eigenvalue weighted by Gasteiger charge is -2.11. The van der Waals surface area contributed by atoms with E-state index in [1.165, 1.54) is 11.3 Å². The van der Waals surface area contributed by atoms with Crippen LogP contribution in [0.1, 0.15) is 26.5 Å². The van der Waals surface area contributed by atoms with Crippen molar-refractivity contribution in [2.75, 3.05) is 5.32 Å². The third-order valence-corrected chi connectivity index (χ3v) is 6.59. The van der Waals surface area contributed by atoms with E-state index in [9.17, 15) is 9.59 Å². The van der Waals surface area contributed by atoms with Crippen LogP contribution in [-0.4, -0.2) is 10.9 Å². The number of hydrogen-bond acceptors (Lipinski definition) is 4. The van der Waals surface area contributed by atoms with Crippen molar-refractivity contribution in [1.82, 2.24) is 4.98 Å². The minimum absolute atomic E-state index is 0.0282. The number of aromatic amines is 1. The molecule has 4 rings (SSSR count). The quantitative estimate of drug-likeness (QED) is 0.404. The number of carbonyl (C=O) groups excluding carboxylic acids is 1. The van der Waals surface area contributed by atoms with Crippen molar-refractivity contribution < 1.29 is 4.79 Å². The average molecular weight is 421 g/mol. The Bertz CT molecular complexity index is 1240. The van der Waals surface area contributed by atoms with Crippen molar-refractivity contribution >= 4 is 45.6 Å². The number of anilines is 1. The molecule has 1 amide bonds. The normalized spacial score (nSPS) is 11.0. The van der Waals surface area contributed by atoms with Crippen LogP contribution in [0.15, 0.2) is 69.7 Å². The number of H-pyrrole nitrogens is 1. The summed E-state index contributed by atoms with van der Waals surface area (Å²) in [5.74, 6) is 0.489. The summed E-state index contributed by atoms with van der Waals surface area (Å²) in [4.78, 5) is 30.0. The Morgan fingerprint density at radius 1 is 1.10 bits per heavy atom. The maximum absolute atomic E-state index is 12.6. The smallest absolute Gasteiger partial charge is 0.265 e. The lowest BCUT2D eigenvalue weighted by Crippen LogP contribution is -2.10. The van der Waals surface area contributed by atoms with E-state index in [4.69, 9.17) is 0 Å². The van der Waals surface area contributed by atoms with Crippen LogP contribution in [0.2, 0.25) is 0 Å². The van der Waals surface area contributed by atoms with Gasteiger partial charge in [0, 0.05) is 27.8 Å². The number of pyridine rings is 1. The first-order valence-electron chi connectivity index (χ1n) is 9.21. The number of hydrogen-bond donors (Lipinski definition) is 2. The molecule has 2 aromatic carbocycles. The Labute approximate surface area is 177 Å². The van der Waals surface area contributed by atoms with E-state index >= 15 is 0 Å². The summed E-state index contributed by atoms with van der Waals surface area (Å²) in [5.41, 5.74) is 4.69. The van der Waals surface area contributed by atoms with Crippen LogP contribution < -0.4 is 10.7 Å². The number of rotatable bonds is 5. The van der Waals surface area contributed by atoms with Gasteiger partial charge in [-0.2, -0.15) is 0 Å². The largest absolute Gasteiger partial charge is 0.357 e. The van der Waals surface area contributed by atoms with E-state index in [1.807, 2.05) is 55.6 Å². The van der Waals surface area contributed by atoms with E-state index in [2.05, 4.69) is 16.4 Å². The van der Waals surface area contributed by atoms with Gasteiger partial charge in [-0.15, -0.1) is 23.1 Å². The van der Waals surface area contributed by atoms with Crippen LogP contribution in [-0.2, 0) is 5.75 Å². The molecule has 2 heterocycles. The first-order chi connectivity index (χ1) is 14.0. The molecule has 0 radical (unpaired) electrons. The van der Waals surface area contributed by atoms with Gasteiger partial charge in [0.2, 0.25) is 0 Å². The minimum Gasteiger partial charge on any atom is -0.357 e. The SMILES string of the molecule is Cc1cc(C)c2[nH]c(CSc3ccccc3NC(=O)c3cccs3)cc(=O)c2c1. The summed E-state index contributed by atoms with van der Waals surface area (Å²) in [6.45, 7) is 4.01. The van der Waals surface area contributed by atoms with Crippen LogP contribution in [0.25, 0.3) is 10.9 Å². The van der Waals surface area contributed by atoms with Gasteiger partial charge < -0.3 is 10.3 Å². The van der Waals surface area contributed by atoms with Crippen molar-refractivity contribution in [3.05, 3.63) is 91.9 Å². The number of para-hydroxylation sites is 1. The van der Waals surface area contributed by atoms with E-state index < -0.39 is 0 Å². The molecule has 0 aliphatic heterocycles. The lowest BCUT2D eigenvalue weighted by molar-refractivity contribution is 0.103. The molecule has 0 bridgehead atoms. The van der Waals surface area contributed by atoms with E-state index in [-0.39, 0.29) is 11.3 Å². The first-order valence-corrected chi connectivity index (χ1v) is 11.1. The number of benzene rings is 2. The second-order valence-corrected chi connectivity index (χ2v) is 8.84. The summed E-state index contributed by atoms with van der Waals surface area (Å²) < 4.78 is 0. The van der Waals surface area contributed by atoms with Gasteiger partial charge in [0.25, 0.3) is 5.91 Å². The molecular weight excluding hydrogens is 400 g/mol. The van der Waals surface area contributed by atoms with E-state index in [0.29, 0.717) is 10.6 Å². The molecule has 2 N–H and O–H groups in total. The maximum Gasteiger partial charge on any atom is 0.265 e. The minimum atomic E-state index is -0.113. The van der Waals surface area contributed by atoms with Gasteiger partial charge in [0.1, 0.15) is 0 Å². The number of amides is 1. The molecule has 0 saturated carbocycles. The lowest BCUT2D eigenvalue weighted by atomic mass is 10.1. The molecule has 0 aliphatic carbocycles. The highest BCUT2D eigenvalue weighted by Gasteiger charge is 2.11. The van der Waals surface area contributed by atoms with Crippen LogP contribution >= 0.6 is 23.1 Å². The number of thiophene rings is 1. The Hall–Kier alpha value is -2.83. The first kappa shape index (κ1) is 19.5. The number of carbonyl (C=O) groups is 1. The molecular formula is C23H20N2O2S2. The van der Waals surface area contributed by atoms with Crippen LogP contribution in [0.5, 0.6) is 0 Å². The van der Waals surface area contributed by atoms with Crippen molar-refractivity contribution in [3.63, 3.8) is 0 Å². The van der Waals surface area contributed by atoms with Crippen LogP contribution in [0, 0.1) is 13.8 Å². The summed E-state index contributed by atoms with van der Waals surface area (Å²) in [5, 5.41) is 5.59. The van der Waals surface area contributed by atoms with Crippen LogP contribution in [0.4, 0.5) is 5.69 Å². The molecule has 6 heteroatoms. The van der Waals surface area contributed by atoms with Crippen LogP contribution in [0.3, 0.4) is 0 Å². The molecule has 4 nitrogen and oxygen atoms in total. The molecule has 2 aromatic heterocycles. The molecule has 0 saturated heterocycles. The Balaban J connectivity index is 1.57. The number of thioether (sulfide) groups is 1. The van der Waals surface area contributed by atoms with Crippen molar-refractivity contribution in [1.29, 1.82) is 0 Å². The van der Waals surface area contributed by atoms with Gasteiger partial charge >= 0.3 is 0 Å². The fourth-order valence-electron chi connectivity index (χ4n) is 3.28. The number of nitrogens with one attached hydrogen (secondary N) is 2. The van der Waals surface area contributed by atoms with Crippen molar-refractivity contribution in [2.45, 2.75) is 24.5 Å². The van der Waals surface area contributed by atoms with E-state index in [1.54, 1.807) is 23.9 Å². The highest BCUT2D eigenvalue weighted by molar-refractivity contribution is 7.98. The molecule has 0 fully saturated rings. The zero-order valence-electron chi connectivity index (χ0n) is 16.1.